The smallest absolute Gasteiger partial charge is 0.227 e. The molecule has 5 nitrogen and oxygen atoms in total. The first-order valence-electron chi connectivity index (χ1n) is 9.71. The van der Waals surface area contributed by atoms with E-state index in [9.17, 15) is 9.59 Å². The summed E-state index contributed by atoms with van der Waals surface area (Å²) in [5.41, 5.74) is 0.982. The molecule has 5 heteroatoms. The van der Waals surface area contributed by atoms with E-state index in [1.165, 1.54) is 0 Å². The zero-order valence-corrected chi connectivity index (χ0v) is 16.2. The number of benzene rings is 2. The van der Waals surface area contributed by atoms with Crippen molar-refractivity contribution in [1.82, 2.24) is 10.2 Å². The van der Waals surface area contributed by atoms with E-state index >= 15 is 0 Å². The summed E-state index contributed by atoms with van der Waals surface area (Å²) in [4.78, 5) is 26.4. The molecule has 1 aliphatic heterocycles. The van der Waals surface area contributed by atoms with Crippen LogP contribution < -0.4 is 10.1 Å². The lowest BCUT2D eigenvalue weighted by Gasteiger charge is -2.21. The van der Waals surface area contributed by atoms with Gasteiger partial charge in [-0.3, -0.25) is 9.59 Å². The second-order valence-electron chi connectivity index (χ2n) is 7.18. The van der Waals surface area contributed by atoms with Gasteiger partial charge in [0.25, 0.3) is 0 Å². The normalized spacial score (nSPS) is 16.1. The van der Waals surface area contributed by atoms with E-state index in [-0.39, 0.29) is 17.7 Å². The van der Waals surface area contributed by atoms with Gasteiger partial charge in [0, 0.05) is 26.1 Å². The number of nitrogens with one attached hydrogen (secondary N) is 1. The summed E-state index contributed by atoms with van der Waals surface area (Å²) < 4.78 is 5.26. The number of rotatable bonds is 6. The Labute approximate surface area is 160 Å². The van der Waals surface area contributed by atoms with E-state index in [4.69, 9.17) is 4.74 Å². The quantitative estimate of drug-likeness (QED) is 0.849. The summed E-state index contributed by atoms with van der Waals surface area (Å²) in [5, 5.41) is 5.16. The largest absolute Gasteiger partial charge is 0.497 e. The van der Waals surface area contributed by atoms with Gasteiger partial charge in [-0.15, -0.1) is 0 Å². The van der Waals surface area contributed by atoms with Gasteiger partial charge < -0.3 is 15.0 Å². The van der Waals surface area contributed by atoms with Gasteiger partial charge in [-0.1, -0.05) is 30.7 Å². The lowest BCUT2D eigenvalue weighted by molar-refractivity contribution is -0.131. The van der Waals surface area contributed by atoms with Gasteiger partial charge in [-0.25, -0.2) is 0 Å². The average molecular weight is 368 g/mol. The third kappa shape index (κ3) is 4.79. The minimum Gasteiger partial charge on any atom is -0.497 e. The minimum absolute atomic E-state index is 0.00914. The predicted molar refractivity (Wildman–Crippen MR) is 107 cm³/mol. The summed E-state index contributed by atoms with van der Waals surface area (Å²) in [5.74, 6) is 0.783. The lowest BCUT2D eigenvalue weighted by Crippen LogP contribution is -2.39. The molecule has 0 saturated carbocycles. The van der Waals surface area contributed by atoms with Crippen molar-refractivity contribution in [2.75, 3.05) is 26.7 Å². The Morgan fingerprint density at radius 3 is 2.74 bits per heavy atom. The van der Waals surface area contributed by atoms with Crippen molar-refractivity contribution in [3.05, 3.63) is 42.0 Å². The summed E-state index contributed by atoms with van der Waals surface area (Å²) in [7, 11) is 1.65. The van der Waals surface area contributed by atoms with Gasteiger partial charge in [-0.05, 0) is 48.2 Å². The van der Waals surface area contributed by atoms with Crippen molar-refractivity contribution in [2.45, 2.75) is 38.5 Å². The molecule has 1 fully saturated rings. The molecule has 1 aliphatic rings. The van der Waals surface area contributed by atoms with Crippen LogP contribution in [0.1, 0.15) is 44.1 Å². The number of carbonyl (C=O) groups is 2. The molecule has 2 aromatic carbocycles. The number of fused-ring (bicyclic) bond motifs is 1. The highest BCUT2D eigenvalue weighted by atomic mass is 16.5. The van der Waals surface area contributed by atoms with Crippen molar-refractivity contribution >= 4 is 22.6 Å². The molecule has 27 heavy (non-hydrogen) atoms. The van der Waals surface area contributed by atoms with Crippen molar-refractivity contribution in [3.63, 3.8) is 0 Å². The van der Waals surface area contributed by atoms with E-state index in [0.29, 0.717) is 19.5 Å². The Morgan fingerprint density at radius 2 is 1.93 bits per heavy atom. The Bertz CT molecular complexity index is 818. The molecule has 0 bridgehead atoms. The highest BCUT2D eigenvalue weighted by Crippen LogP contribution is 2.25. The van der Waals surface area contributed by atoms with Crippen LogP contribution in [0, 0.1) is 0 Å². The average Bonchev–Trinajstić information content (AvgIpc) is 2.90. The van der Waals surface area contributed by atoms with Crippen LogP contribution in [0.5, 0.6) is 5.75 Å². The van der Waals surface area contributed by atoms with Crippen molar-refractivity contribution in [2.24, 2.45) is 0 Å². The first-order valence-corrected chi connectivity index (χ1v) is 9.71. The van der Waals surface area contributed by atoms with Crippen LogP contribution in [0.4, 0.5) is 0 Å². The molecule has 0 aliphatic carbocycles. The molecule has 2 amide bonds. The maximum absolute atomic E-state index is 12.5. The van der Waals surface area contributed by atoms with E-state index in [2.05, 4.69) is 11.4 Å². The van der Waals surface area contributed by atoms with Crippen molar-refractivity contribution in [3.8, 4) is 5.75 Å². The number of hydrogen-bond acceptors (Lipinski definition) is 3. The monoisotopic (exact) mass is 368 g/mol. The summed E-state index contributed by atoms with van der Waals surface area (Å²) in [6, 6.07) is 12.0. The molecule has 0 aromatic heterocycles. The molecule has 144 valence electrons. The van der Waals surface area contributed by atoms with Crippen LogP contribution >= 0.6 is 0 Å². The lowest BCUT2D eigenvalue weighted by atomic mass is 9.97. The summed E-state index contributed by atoms with van der Waals surface area (Å²) >= 11 is 0. The van der Waals surface area contributed by atoms with E-state index in [1.807, 2.05) is 42.2 Å². The third-order valence-corrected chi connectivity index (χ3v) is 5.32. The first-order chi connectivity index (χ1) is 13.1. The molecule has 1 heterocycles. The molecule has 0 spiro atoms. The van der Waals surface area contributed by atoms with Crippen molar-refractivity contribution < 1.29 is 14.3 Å². The van der Waals surface area contributed by atoms with Crippen LogP contribution in [0.3, 0.4) is 0 Å². The number of likely N-dealkylation sites (tertiary alicyclic amines) is 1. The van der Waals surface area contributed by atoms with Crippen LogP contribution in [-0.2, 0) is 9.59 Å². The predicted octanol–water partition coefficient (Wildman–Crippen LogP) is 3.47. The Hall–Kier alpha value is -2.56. The molecule has 2 aromatic rings. The molecule has 3 rings (SSSR count). The molecule has 0 radical (unpaired) electrons. The van der Waals surface area contributed by atoms with E-state index in [1.54, 1.807) is 7.11 Å². The second-order valence-corrected chi connectivity index (χ2v) is 7.18. The molecular formula is C22H28N2O3. The number of amides is 2. The molecule has 0 unspecified atom stereocenters. The van der Waals surface area contributed by atoms with Gasteiger partial charge in [0.05, 0.1) is 13.0 Å². The highest BCUT2D eigenvalue weighted by Gasteiger charge is 2.18. The highest BCUT2D eigenvalue weighted by molar-refractivity contribution is 5.88. The first kappa shape index (κ1) is 19.2. The number of nitrogens with zero attached hydrogens (tertiary/aromatic N) is 1. The van der Waals surface area contributed by atoms with Gasteiger partial charge in [-0.2, -0.15) is 0 Å². The minimum atomic E-state index is -0.240. The topological polar surface area (TPSA) is 58.6 Å². The van der Waals surface area contributed by atoms with Gasteiger partial charge >= 0.3 is 0 Å². The van der Waals surface area contributed by atoms with Crippen LogP contribution in [0.25, 0.3) is 10.8 Å². The van der Waals surface area contributed by atoms with Crippen LogP contribution in [-0.4, -0.2) is 43.5 Å². The molecule has 1 N–H and O–H groups in total. The van der Waals surface area contributed by atoms with E-state index in [0.717, 1.165) is 47.9 Å². The fourth-order valence-corrected chi connectivity index (χ4v) is 3.53. The molecule has 1 saturated heterocycles. The van der Waals surface area contributed by atoms with Gasteiger partial charge in [0.15, 0.2) is 0 Å². The summed E-state index contributed by atoms with van der Waals surface area (Å²) in [6.07, 6.45) is 3.77. The fourth-order valence-electron chi connectivity index (χ4n) is 3.53. The Kier molecular flexibility index (Phi) is 6.32. The number of methoxy groups -OCH3 is 1. The standard InChI is InChI=1S/C22H28N2O3/c1-16(17-7-8-19-15-20(27-2)10-9-18(19)14-17)22(26)23-11-13-24-12-5-3-4-6-21(24)25/h7-10,14-16H,3-6,11-13H2,1-2H3,(H,23,26)/t16-/m0/s1. The maximum Gasteiger partial charge on any atom is 0.227 e. The van der Waals surface area contributed by atoms with Gasteiger partial charge in [0.2, 0.25) is 11.8 Å². The Morgan fingerprint density at radius 1 is 1.15 bits per heavy atom. The maximum atomic E-state index is 12.5. The van der Waals surface area contributed by atoms with Gasteiger partial charge in [0.1, 0.15) is 5.75 Å². The summed E-state index contributed by atoms with van der Waals surface area (Å²) in [6.45, 7) is 3.81. The zero-order valence-electron chi connectivity index (χ0n) is 16.2. The van der Waals surface area contributed by atoms with E-state index < -0.39 is 0 Å². The fraction of sp³-hybridized carbons (Fsp3) is 0.455. The molecular weight excluding hydrogens is 340 g/mol. The van der Waals surface area contributed by atoms with Crippen molar-refractivity contribution in [1.29, 1.82) is 0 Å². The number of ether oxygens (including phenoxy) is 1. The number of hydrogen-bond donors (Lipinski definition) is 1. The van der Waals surface area contributed by atoms with Crippen LogP contribution in [0.2, 0.25) is 0 Å². The zero-order chi connectivity index (χ0) is 19.2. The second kappa shape index (κ2) is 8.89. The van der Waals surface area contributed by atoms with Crippen LogP contribution in [0.15, 0.2) is 36.4 Å². The number of carbonyl (C=O) groups excluding carboxylic acids is 2. The third-order valence-electron chi connectivity index (χ3n) is 5.32. The Balaban J connectivity index is 1.58. The SMILES string of the molecule is COc1ccc2cc([C@H](C)C(=O)NCCN3CCCCCC3=O)ccc2c1. The molecule has 1 atom stereocenters.